The van der Waals surface area contributed by atoms with Crippen LogP contribution < -0.4 is 0 Å². The van der Waals surface area contributed by atoms with Gasteiger partial charge >= 0.3 is 5.97 Å². The predicted molar refractivity (Wildman–Crippen MR) is 117 cm³/mol. The minimum absolute atomic E-state index is 0.0660. The van der Waals surface area contributed by atoms with E-state index in [0.717, 1.165) is 43.1 Å². The average molecular weight is 414 g/mol. The maximum atomic E-state index is 12.3. The van der Waals surface area contributed by atoms with Crippen LogP contribution in [0.15, 0.2) is 30.3 Å². The number of benzene rings is 1. The molecule has 1 aliphatic heterocycles. The molecule has 6 heteroatoms. The van der Waals surface area contributed by atoms with Gasteiger partial charge in [0, 0.05) is 38.3 Å². The monoisotopic (exact) mass is 413 g/mol. The van der Waals surface area contributed by atoms with Gasteiger partial charge in [-0.1, -0.05) is 44.2 Å². The lowest BCUT2D eigenvalue weighted by atomic mass is 10.1. The van der Waals surface area contributed by atoms with E-state index in [9.17, 15) is 4.79 Å². The zero-order valence-corrected chi connectivity index (χ0v) is 18.8. The molecule has 0 bridgehead atoms. The molecule has 6 nitrogen and oxygen atoms in total. The molecule has 0 amide bonds. The maximum absolute atomic E-state index is 12.3. The van der Waals surface area contributed by atoms with E-state index in [1.807, 2.05) is 13.0 Å². The van der Waals surface area contributed by atoms with Crippen LogP contribution in [-0.4, -0.2) is 53.1 Å². The van der Waals surface area contributed by atoms with Crippen LogP contribution in [-0.2, 0) is 33.8 Å². The van der Waals surface area contributed by atoms with Gasteiger partial charge in [-0.15, -0.1) is 0 Å². The zero-order chi connectivity index (χ0) is 21.5. The van der Waals surface area contributed by atoms with Crippen molar-refractivity contribution in [2.75, 3.05) is 26.3 Å². The Morgan fingerprint density at radius 1 is 1.27 bits per heavy atom. The molecule has 0 saturated carbocycles. The molecular formula is C24H35N3O3. The summed E-state index contributed by atoms with van der Waals surface area (Å²) in [5.41, 5.74) is 4.61. The van der Waals surface area contributed by atoms with Gasteiger partial charge in [-0.3, -0.25) is 14.4 Å². The summed E-state index contributed by atoms with van der Waals surface area (Å²) in [6, 6.07) is 10.4. The summed E-state index contributed by atoms with van der Waals surface area (Å²) in [5.74, 6) is 0.368. The molecule has 1 aromatic heterocycles. The Labute approximate surface area is 180 Å². The summed E-state index contributed by atoms with van der Waals surface area (Å²) in [5, 5.41) is 4.63. The number of aromatic nitrogens is 2. The van der Waals surface area contributed by atoms with E-state index in [2.05, 4.69) is 59.7 Å². The van der Waals surface area contributed by atoms with Crippen molar-refractivity contribution < 1.29 is 14.3 Å². The van der Waals surface area contributed by atoms with E-state index in [4.69, 9.17) is 9.47 Å². The number of carbonyl (C=O) groups excluding carboxylic acids is 1. The molecule has 1 aromatic carbocycles. The largest absolute Gasteiger partial charge is 0.463 e. The molecule has 1 fully saturated rings. The Morgan fingerprint density at radius 3 is 2.77 bits per heavy atom. The third kappa shape index (κ3) is 6.41. The Kier molecular flexibility index (Phi) is 8.05. The maximum Gasteiger partial charge on any atom is 0.306 e. The van der Waals surface area contributed by atoms with Crippen molar-refractivity contribution in [1.82, 2.24) is 14.7 Å². The first-order valence-electron chi connectivity index (χ1n) is 11.0. The van der Waals surface area contributed by atoms with Gasteiger partial charge < -0.3 is 9.47 Å². The zero-order valence-electron chi connectivity index (χ0n) is 18.8. The third-order valence-corrected chi connectivity index (χ3v) is 5.55. The second-order valence-corrected chi connectivity index (χ2v) is 8.62. The summed E-state index contributed by atoms with van der Waals surface area (Å²) in [6.45, 7) is 12.9. The number of morpholine rings is 1. The summed E-state index contributed by atoms with van der Waals surface area (Å²) in [4.78, 5) is 14.7. The molecule has 1 saturated heterocycles. The number of rotatable bonds is 9. The third-order valence-electron chi connectivity index (χ3n) is 5.55. The molecule has 30 heavy (non-hydrogen) atoms. The first kappa shape index (κ1) is 22.5. The SMILES string of the molecule is Cc1nn(CC(C)C)c(C)c1CCC(=O)OCC1CN(Cc2ccccc2)CCO1. The highest BCUT2D eigenvalue weighted by molar-refractivity contribution is 5.69. The predicted octanol–water partition coefficient (Wildman–Crippen LogP) is 3.53. The second-order valence-electron chi connectivity index (χ2n) is 8.62. The van der Waals surface area contributed by atoms with Crippen molar-refractivity contribution in [2.24, 2.45) is 5.92 Å². The summed E-state index contributed by atoms with van der Waals surface area (Å²) < 4.78 is 13.4. The number of aryl methyl sites for hydroxylation is 1. The Hall–Kier alpha value is -2.18. The number of nitrogens with zero attached hydrogens (tertiary/aromatic N) is 3. The summed E-state index contributed by atoms with van der Waals surface area (Å²) >= 11 is 0. The standard InChI is InChI=1S/C24H35N3O3/c1-18(2)14-27-20(4)23(19(3)25-27)10-11-24(28)30-17-22-16-26(12-13-29-22)15-21-8-6-5-7-9-21/h5-9,18,22H,10-17H2,1-4H3. The molecule has 1 unspecified atom stereocenters. The number of esters is 1. The molecule has 0 radical (unpaired) electrons. The Morgan fingerprint density at radius 2 is 2.03 bits per heavy atom. The molecule has 164 valence electrons. The average Bonchev–Trinajstić information content (AvgIpc) is 2.98. The summed E-state index contributed by atoms with van der Waals surface area (Å²) in [6.07, 6.45) is 0.971. The number of hydrogen-bond acceptors (Lipinski definition) is 5. The first-order chi connectivity index (χ1) is 14.4. The topological polar surface area (TPSA) is 56.6 Å². The van der Waals surface area contributed by atoms with Crippen LogP contribution in [0.2, 0.25) is 0 Å². The van der Waals surface area contributed by atoms with Gasteiger partial charge in [0.25, 0.3) is 0 Å². The van der Waals surface area contributed by atoms with Crippen LogP contribution in [0.5, 0.6) is 0 Å². The molecule has 1 atom stereocenters. The quantitative estimate of drug-likeness (QED) is 0.589. The van der Waals surface area contributed by atoms with Crippen molar-refractivity contribution in [3.8, 4) is 0 Å². The minimum atomic E-state index is -0.172. The van der Waals surface area contributed by atoms with Crippen molar-refractivity contribution in [3.05, 3.63) is 52.8 Å². The molecule has 0 spiro atoms. The highest BCUT2D eigenvalue weighted by Gasteiger charge is 2.22. The molecule has 2 aromatic rings. The van der Waals surface area contributed by atoms with Crippen molar-refractivity contribution >= 4 is 5.97 Å². The molecular weight excluding hydrogens is 378 g/mol. The molecule has 0 N–H and O–H groups in total. The van der Waals surface area contributed by atoms with Crippen LogP contribution in [0.4, 0.5) is 0 Å². The van der Waals surface area contributed by atoms with Crippen LogP contribution >= 0.6 is 0 Å². The minimum Gasteiger partial charge on any atom is -0.463 e. The molecule has 3 rings (SSSR count). The van der Waals surface area contributed by atoms with E-state index in [0.29, 0.717) is 32.0 Å². The molecule has 2 heterocycles. The number of hydrogen-bond donors (Lipinski definition) is 0. The fourth-order valence-corrected chi connectivity index (χ4v) is 3.97. The Bertz CT molecular complexity index is 817. The molecule has 1 aliphatic rings. The number of ether oxygens (including phenoxy) is 2. The van der Waals surface area contributed by atoms with E-state index in [1.165, 1.54) is 5.56 Å². The van der Waals surface area contributed by atoms with Crippen LogP contribution in [0, 0.1) is 19.8 Å². The van der Waals surface area contributed by atoms with Crippen LogP contribution in [0.3, 0.4) is 0 Å². The van der Waals surface area contributed by atoms with Crippen LogP contribution in [0.25, 0.3) is 0 Å². The van der Waals surface area contributed by atoms with Gasteiger partial charge in [0.15, 0.2) is 0 Å². The lowest BCUT2D eigenvalue weighted by Crippen LogP contribution is -2.44. The van der Waals surface area contributed by atoms with Gasteiger partial charge in [-0.2, -0.15) is 5.10 Å². The van der Waals surface area contributed by atoms with E-state index < -0.39 is 0 Å². The fraction of sp³-hybridized carbons (Fsp3) is 0.583. The molecule has 0 aliphatic carbocycles. The van der Waals surface area contributed by atoms with Crippen LogP contribution in [0.1, 0.15) is 42.8 Å². The normalized spacial score (nSPS) is 17.4. The number of carbonyl (C=O) groups is 1. The summed E-state index contributed by atoms with van der Waals surface area (Å²) in [7, 11) is 0. The highest BCUT2D eigenvalue weighted by Crippen LogP contribution is 2.17. The first-order valence-corrected chi connectivity index (χ1v) is 11.0. The lowest BCUT2D eigenvalue weighted by Gasteiger charge is -2.32. The smallest absolute Gasteiger partial charge is 0.306 e. The van der Waals surface area contributed by atoms with Crippen molar-refractivity contribution in [2.45, 2.75) is 59.7 Å². The van der Waals surface area contributed by atoms with E-state index >= 15 is 0 Å². The van der Waals surface area contributed by atoms with Crippen molar-refractivity contribution in [3.63, 3.8) is 0 Å². The second kappa shape index (κ2) is 10.7. The van der Waals surface area contributed by atoms with E-state index in [1.54, 1.807) is 0 Å². The Balaban J connectivity index is 1.43. The van der Waals surface area contributed by atoms with Gasteiger partial charge in [0.05, 0.1) is 12.3 Å². The lowest BCUT2D eigenvalue weighted by molar-refractivity contribution is -0.150. The highest BCUT2D eigenvalue weighted by atomic mass is 16.6. The van der Waals surface area contributed by atoms with Crippen molar-refractivity contribution in [1.29, 1.82) is 0 Å². The van der Waals surface area contributed by atoms with Gasteiger partial charge in [-0.25, -0.2) is 0 Å². The fourth-order valence-electron chi connectivity index (χ4n) is 3.97. The van der Waals surface area contributed by atoms with E-state index in [-0.39, 0.29) is 12.1 Å². The van der Waals surface area contributed by atoms with Gasteiger partial charge in [0.1, 0.15) is 12.7 Å². The van der Waals surface area contributed by atoms with Gasteiger partial charge in [-0.05, 0) is 37.3 Å². The van der Waals surface area contributed by atoms with Gasteiger partial charge in [0.2, 0.25) is 0 Å².